The summed E-state index contributed by atoms with van der Waals surface area (Å²) in [5.74, 6) is 2.04. The number of guanidine groups is 1. The van der Waals surface area contributed by atoms with Crippen molar-refractivity contribution in [3.05, 3.63) is 24.4 Å². The molecule has 2 rings (SSSR count). The maximum Gasteiger partial charge on any atom is 0.193 e. The summed E-state index contributed by atoms with van der Waals surface area (Å²) in [5, 5.41) is 3.43. The van der Waals surface area contributed by atoms with E-state index in [2.05, 4.69) is 45.0 Å². The van der Waals surface area contributed by atoms with Gasteiger partial charge in [0.25, 0.3) is 0 Å². The number of nitrogens with one attached hydrogen (secondary N) is 1. The van der Waals surface area contributed by atoms with Crippen molar-refractivity contribution < 1.29 is 4.74 Å². The summed E-state index contributed by atoms with van der Waals surface area (Å²) < 4.78 is 5.56. The lowest BCUT2D eigenvalue weighted by Gasteiger charge is -2.37. The molecule has 0 radical (unpaired) electrons. The Morgan fingerprint density at radius 2 is 2.09 bits per heavy atom. The molecule has 6 heteroatoms. The third-order valence-electron chi connectivity index (χ3n) is 3.82. The fraction of sp³-hybridized carbons (Fsp3) is 0.647. The third-order valence-corrected chi connectivity index (χ3v) is 3.82. The molecule has 1 aliphatic heterocycles. The normalized spacial score (nSPS) is 16.1. The van der Waals surface area contributed by atoms with Crippen molar-refractivity contribution in [3.63, 3.8) is 0 Å². The van der Waals surface area contributed by atoms with Crippen molar-refractivity contribution in [2.45, 2.75) is 26.4 Å². The first-order chi connectivity index (χ1) is 11.2. The van der Waals surface area contributed by atoms with E-state index in [0.29, 0.717) is 6.10 Å². The lowest BCUT2D eigenvalue weighted by molar-refractivity contribution is 0.0775. The van der Waals surface area contributed by atoms with E-state index in [9.17, 15) is 0 Å². The van der Waals surface area contributed by atoms with Gasteiger partial charge in [0.2, 0.25) is 0 Å². The molecule has 1 aromatic rings. The highest BCUT2D eigenvalue weighted by Crippen LogP contribution is 2.12. The van der Waals surface area contributed by atoms with Crippen LogP contribution in [-0.4, -0.2) is 68.3 Å². The number of pyridine rings is 1. The van der Waals surface area contributed by atoms with E-state index in [4.69, 9.17) is 4.74 Å². The monoisotopic (exact) mass is 319 g/mol. The maximum atomic E-state index is 5.56. The second kappa shape index (κ2) is 9.35. The highest BCUT2D eigenvalue weighted by atomic mass is 16.5. The first kappa shape index (κ1) is 17.5. The standard InChI is InChI=1S/C17H29N5O/c1-15(2)23-14-6-9-20-17(18-3)22-12-10-21(11-13-22)16-7-4-5-8-19-16/h4-5,7-8,15H,6,9-14H2,1-3H3,(H,18,20). The average molecular weight is 319 g/mol. The zero-order chi connectivity index (χ0) is 16.5. The number of aromatic nitrogens is 1. The summed E-state index contributed by atoms with van der Waals surface area (Å²) in [6.45, 7) is 9.65. The minimum Gasteiger partial charge on any atom is -0.379 e. The van der Waals surface area contributed by atoms with Gasteiger partial charge in [-0.3, -0.25) is 4.99 Å². The number of ether oxygens (including phenoxy) is 1. The second-order valence-corrected chi connectivity index (χ2v) is 5.91. The van der Waals surface area contributed by atoms with E-state index >= 15 is 0 Å². The first-order valence-electron chi connectivity index (χ1n) is 8.44. The number of piperazine rings is 1. The van der Waals surface area contributed by atoms with Gasteiger partial charge in [-0.1, -0.05) is 6.07 Å². The number of hydrogen-bond donors (Lipinski definition) is 1. The molecule has 0 unspecified atom stereocenters. The van der Waals surface area contributed by atoms with Gasteiger partial charge in [0.1, 0.15) is 5.82 Å². The number of hydrogen-bond acceptors (Lipinski definition) is 4. The molecule has 0 aromatic carbocycles. The van der Waals surface area contributed by atoms with Crippen LogP contribution in [0.4, 0.5) is 5.82 Å². The van der Waals surface area contributed by atoms with Crippen molar-refractivity contribution >= 4 is 11.8 Å². The van der Waals surface area contributed by atoms with Crippen LogP contribution in [0.3, 0.4) is 0 Å². The molecular formula is C17H29N5O. The third kappa shape index (κ3) is 5.71. The second-order valence-electron chi connectivity index (χ2n) is 5.91. The SMILES string of the molecule is CN=C(NCCCOC(C)C)N1CCN(c2ccccn2)CC1. The largest absolute Gasteiger partial charge is 0.379 e. The topological polar surface area (TPSA) is 53.0 Å². The van der Waals surface area contributed by atoms with Crippen molar-refractivity contribution in [1.29, 1.82) is 0 Å². The minimum absolute atomic E-state index is 0.300. The van der Waals surface area contributed by atoms with E-state index in [0.717, 1.165) is 57.5 Å². The van der Waals surface area contributed by atoms with Gasteiger partial charge in [-0.25, -0.2) is 4.98 Å². The van der Waals surface area contributed by atoms with Gasteiger partial charge in [0.15, 0.2) is 5.96 Å². The van der Waals surface area contributed by atoms with Gasteiger partial charge in [-0.15, -0.1) is 0 Å². The lowest BCUT2D eigenvalue weighted by Crippen LogP contribution is -2.52. The number of aliphatic imine (C=N–C) groups is 1. The number of anilines is 1. The Morgan fingerprint density at radius 3 is 2.70 bits per heavy atom. The molecule has 0 aliphatic carbocycles. The van der Waals surface area contributed by atoms with Crippen LogP contribution in [0.2, 0.25) is 0 Å². The molecule has 0 spiro atoms. The Bertz CT molecular complexity index is 469. The molecule has 2 heterocycles. The predicted molar refractivity (Wildman–Crippen MR) is 95.1 cm³/mol. The van der Waals surface area contributed by atoms with Crippen LogP contribution in [0.25, 0.3) is 0 Å². The molecule has 0 amide bonds. The average Bonchev–Trinajstić information content (AvgIpc) is 2.59. The van der Waals surface area contributed by atoms with Gasteiger partial charge in [-0.05, 0) is 32.4 Å². The summed E-state index contributed by atoms with van der Waals surface area (Å²) in [7, 11) is 1.85. The molecule has 23 heavy (non-hydrogen) atoms. The van der Waals surface area contributed by atoms with Crippen molar-refractivity contribution in [2.24, 2.45) is 4.99 Å². The zero-order valence-electron chi connectivity index (χ0n) is 14.5. The van der Waals surface area contributed by atoms with Crippen LogP contribution in [0.15, 0.2) is 29.4 Å². The van der Waals surface area contributed by atoms with Crippen molar-refractivity contribution in [3.8, 4) is 0 Å². The van der Waals surface area contributed by atoms with Crippen LogP contribution in [0.5, 0.6) is 0 Å². The summed E-state index contributed by atoms with van der Waals surface area (Å²) in [5.41, 5.74) is 0. The summed E-state index contributed by atoms with van der Waals surface area (Å²) in [6, 6.07) is 6.06. The first-order valence-corrected chi connectivity index (χ1v) is 8.44. The summed E-state index contributed by atoms with van der Waals surface area (Å²) in [6.07, 6.45) is 3.14. The highest BCUT2D eigenvalue weighted by molar-refractivity contribution is 5.80. The van der Waals surface area contributed by atoms with Crippen molar-refractivity contribution in [1.82, 2.24) is 15.2 Å². The fourth-order valence-corrected chi connectivity index (χ4v) is 2.61. The number of rotatable bonds is 6. The fourth-order valence-electron chi connectivity index (χ4n) is 2.61. The van der Waals surface area contributed by atoms with Crippen LogP contribution < -0.4 is 10.2 Å². The molecule has 1 aromatic heterocycles. The zero-order valence-corrected chi connectivity index (χ0v) is 14.5. The van der Waals surface area contributed by atoms with Crippen LogP contribution in [0, 0.1) is 0 Å². The lowest BCUT2D eigenvalue weighted by atomic mass is 10.3. The number of nitrogens with zero attached hydrogens (tertiary/aromatic N) is 4. The molecule has 1 fully saturated rings. The predicted octanol–water partition coefficient (Wildman–Crippen LogP) is 1.59. The Morgan fingerprint density at radius 1 is 1.30 bits per heavy atom. The minimum atomic E-state index is 0.300. The van der Waals surface area contributed by atoms with Gasteiger partial charge in [0.05, 0.1) is 6.10 Å². The summed E-state index contributed by atoms with van der Waals surface area (Å²) in [4.78, 5) is 13.5. The molecule has 6 nitrogen and oxygen atoms in total. The van der Waals surface area contributed by atoms with E-state index in [1.807, 2.05) is 25.4 Å². The Labute approximate surface area is 139 Å². The molecule has 0 saturated carbocycles. The van der Waals surface area contributed by atoms with E-state index in [1.54, 1.807) is 0 Å². The highest BCUT2D eigenvalue weighted by Gasteiger charge is 2.20. The van der Waals surface area contributed by atoms with Crippen LogP contribution in [-0.2, 0) is 4.74 Å². The van der Waals surface area contributed by atoms with Crippen LogP contribution in [0.1, 0.15) is 20.3 Å². The maximum absolute atomic E-state index is 5.56. The van der Waals surface area contributed by atoms with Crippen molar-refractivity contribution in [2.75, 3.05) is 51.3 Å². The molecule has 0 bridgehead atoms. The van der Waals surface area contributed by atoms with E-state index in [1.165, 1.54) is 0 Å². The van der Waals surface area contributed by atoms with Gasteiger partial charge in [0, 0.05) is 52.6 Å². The Kier molecular flexibility index (Phi) is 7.13. The molecule has 0 atom stereocenters. The molecular weight excluding hydrogens is 290 g/mol. The molecule has 1 N–H and O–H groups in total. The summed E-state index contributed by atoms with van der Waals surface area (Å²) >= 11 is 0. The van der Waals surface area contributed by atoms with E-state index < -0.39 is 0 Å². The Balaban J connectivity index is 1.72. The smallest absolute Gasteiger partial charge is 0.193 e. The molecule has 128 valence electrons. The Hall–Kier alpha value is -1.82. The quantitative estimate of drug-likeness (QED) is 0.490. The van der Waals surface area contributed by atoms with Gasteiger partial charge < -0.3 is 19.9 Å². The van der Waals surface area contributed by atoms with Gasteiger partial charge in [-0.2, -0.15) is 0 Å². The van der Waals surface area contributed by atoms with Crippen LogP contribution >= 0.6 is 0 Å². The molecule has 1 saturated heterocycles. The molecule has 1 aliphatic rings. The van der Waals surface area contributed by atoms with Gasteiger partial charge >= 0.3 is 0 Å². The van der Waals surface area contributed by atoms with E-state index in [-0.39, 0.29) is 0 Å².